The highest BCUT2D eigenvalue weighted by molar-refractivity contribution is 8.00. The lowest BCUT2D eigenvalue weighted by Crippen LogP contribution is -2.27. The number of anilines is 2. The summed E-state index contributed by atoms with van der Waals surface area (Å²) in [4.78, 5) is 25.3. The van der Waals surface area contributed by atoms with Crippen molar-refractivity contribution in [2.75, 3.05) is 23.0 Å². The van der Waals surface area contributed by atoms with Crippen molar-refractivity contribution in [2.24, 2.45) is 5.41 Å². The largest absolute Gasteiger partial charge is 0.494 e. The SMILES string of the molecule is CCOc1ccc(SCC(=O)Nc2cccc(NC(=O)C(C)(C)C)c2)cc1. The Labute approximate surface area is 164 Å². The van der Waals surface area contributed by atoms with Crippen molar-refractivity contribution < 1.29 is 14.3 Å². The van der Waals surface area contributed by atoms with Crippen molar-refractivity contribution in [1.29, 1.82) is 0 Å². The van der Waals surface area contributed by atoms with E-state index in [2.05, 4.69) is 10.6 Å². The summed E-state index contributed by atoms with van der Waals surface area (Å²) in [6, 6.07) is 14.8. The molecule has 0 aliphatic carbocycles. The molecule has 2 N–H and O–H groups in total. The molecule has 0 saturated carbocycles. The Balaban J connectivity index is 1.88. The third kappa shape index (κ3) is 6.98. The molecule has 144 valence electrons. The smallest absolute Gasteiger partial charge is 0.234 e. The van der Waals surface area contributed by atoms with Gasteiger partial charge in [-0.05, 0) is 49.4 Å². The Morgan fingerprint density at radius 2 is 1.63 bits per heavy atom. The van der Waals surface area contributed by atoms with E-state index in [9.17, 15) is 9.59 Å². The summed E-state index contributed by atoms with van der Waals surface area (Å²) in [5, 5.41) is 5.72. The van der Waals surface area contributed by atoms with Crippen molar-refractivity contribution in [3.63, 3.8) is 0 Å². The van der Waals surface area contributed by atoms with Crippen LogP contribution in [0, 0.1) is 5.41 Å². The maximum Gasteiger partial charge on any atom is 0.234 e. The second-order valence-corrected chi connectivity index (χ2v) is 8.07. The molecule has 0 spiro atoms. The number of carbonyl (C=O) groups is 2. The molecule has 2 rings (SSSR count). The maximum atomic E-state index is 12.2. The molecule has 2 aromatic carbocycles. The van der Waals surface area contributed by atoms with E-state index in [0.29, 0.717) is 23.7 Å². The van der Waals surface area contributed by atoms with E-state index in [1.54, 1.807) is 24.3 Å². The van der Waals surface area contributed by atoms with Gasteiger partial charge in [0.05, 0.1) is 12.4 Å². The van der Waals surface area contributed by atoms with Crippen LogP contribution in [0.15, 0.2) is 53.4 Å². The molecule has 0 radical (unpaired) electrons. The minimum absolute atomic E-state index is 0.0722. The van der Waals surface area contributed by atoms with Gasteiger partial charge in [-0.1, -0.05) is 26.8 Å². The van der Waals surface area contributed by atoms with Gasteiger partial charge in [0.1, 0.15) is 5.75 Å². The van der Waals surface area contributed by atoms with Gasteiger partial charge in [-0.25, -0.2) is 0 Å². The molecule has 0 aliphatic rings. The van der Waals surface area contributed by atoms with Crippen LogP contribution < -0.4 is 15.4 Å². The standard InChI is InChI=1S/C21H26N2O3S/c1-5-26-17-9-11-18(12-10-17)27-14-19(24)22-15-7-6-8-16(13-15)23-20(25)21(2,3)4/h6-13H,5,14H2,1-4H3,(H,22,24)(H,23,25). The molecule has 5 nitrogen and oxygen atoms in total. The van der Waals surface area contributed by atoms with E-state index in [0.717, 1.165) is 10.6 Å². The van der Waals surface area contributed by atoms with Crippen LogP contribution in [0.4, 0.5) is 11.4 Å². The van der Waals surface area contributed by atoms with Gasteiger partial charge in [0.15, 0.2) is 0 Å². The summed E-state index contributed by atoms with van der Waals surface area (Å²) in [5.41, 5.74) is 0.832. The molecule has 0 heterocycles. The lowest BCUT2D eigenvalue weighted by molar-refractivity contribution is -0.123. The van der Waals surface area contributed by atoms with E-state index < -0.39 is 5.41 Å². The predicted octanol–water partition coefficient (Wildman–Crippen LogP) is 4.80. The Bertz CT molecular complexity index is 783. The van der Waals surface area contributed by atoms with Crippen molar-refractivity contribution >= 4 is 35.0 Å². The molecule has 2 aromatic rings. The fourth-order valence-corrected chi connectivity index (χ4v) is 2.84. The fourth-order valence-electron chi connectivity index (χ4n) is 2.14. The first-order chi connectivity index (χ1) is 12.8. The number of rotatable bonds is 7. The molecular weight excluding hydrogens is 360 g/mol. The second kappa shape index (κ2) is 9.46. The number of hydrogen-bond donors (Lipinski definition) is 2. The Morgan fingerprint density at radius 3 is 2.22 bits per heavy atom. The van der Waals surface area contributed by atoms with Crippen LogP contribution in [0.3, 0.4) is 0 Å². The highest BCUT2D eigenvalue weighted by Crippen LogP contribution is 2.23. The molecular formula is C21H26N2O3S. The molecule has 6 heteroatoms. The van der Waals surface area contributed by atoms with Crippen molar-refractivity contribution in [3.05, 3.63) is 48.5 Å². The van der Waals surface area contributed by atoms with Gasteiger partial charge in [0, 0.05) is 21.7 Å². The van der Waals surface area contributed by atoms with Gasteiger partial charge in [0.2, 0.25) is 11.8 Å². The highest BCUT2D eigenvalue weighted by atomic mass is 32.2. The summed E-state index contributed by atoms with van der Waals surface area (Å²) in [7, 11) is 0. The molecule has 0 saturated heterocycles. The van der Waals surface area contributed by atoms with Crippen LogP contribution >= 0.6 is 11.8 Å². The van der Waals surface area contributed by atoms with Crippen molar-refractivity contribution in [1.82, 2.24) is 0 Å². The van der Waals surface area contributed by atoms with E-state index in [-0.39, 0.29) is 11.8 Å². The third-order valence-electron chi connectivity index (χ3n) is 3.59. The zero-order valence-electron chi connectivity index (χ0n) is 16.2. The fraction of sp³-hybridized carbons (Fsp3) is 0.333. The maximum absolute atomic E-state index is 12.2. The minimum atomic E-state index is -0.479. The highest BCUT2D eigenvalue weighted by Gasteiger charge is 2.21. The Kier molecular flexibility index (Phi) is 7.30. The topological polar surface area (TPSA) is 67.4 Å². The Hall–Kier alpha value is -2.47. The average Bonchev–Trinajstić information content (AvgIpc) is 2.61. The van der Waals surface area contributed by atoms with E-state index in [1.807, 2.05) is 52.0 Å². The predicted molar refractivity (Wildman–Crippen MR) is 111 cm³/mol. The van der Waals surface area contributed by atoms with Crippen molar-refractivity contribution in [3.8, 4) is 5.75 Å². The number of hydrogen-bond acceptors (Lipinski definition) is 4. The number of ether oxygens (including phenoxy) is 1. The Morgan fingerprint density at radius 1 is 1.00 bits per heavy atom. The molecule has 0 aliphatic heterocycles. The zero-order chi connectivity index (χ0) is 19.9. The van der Waals surface area contributed by atoms with Crippen LogP contribution in [-0.2, 0) is 9.59 Å². The number of benzene rings is 2. The van der Waals surface area contributed by atoms with Gasteiger partial charge in [0.25, 0.3) is 0 Å². The van der Waals surface area contributed by atoms with E-state index in [4.69, 9.17) is 4.74 Å². The van der Waals surface area contributed by atoms with Gasteiger partial charge in [-0.2, -0.15) is 0 Å². The number of carbonyl (C=O) groups excluding carboxylic acids is 2. The van der Waals surface area contributed by atoms with Crippen LogP contribution in [-0.4, -0.2) is 24.2 Å². The normalized spacial score (nSPS) is 11.0. The summed E-state index contributed by atoms with van der Waals surface area (Å²) in [5.74, 6) is 0.942. The summed E-state index contributed by atoms with van der Waals surface area (Å²) >= 11 is 1.46. The first-order valence-electron chi connectivity index (χ1n) is 8.85. The lowest BCUT2D eigenvalue weighted by atomic mass is 9.95. The minimum Gasteiger partial charge on any atom is -0.494 e. The summed E-state index contributed by atoms with van der Waals surface area (Å²) < 4.78 is 5.41. The molecule has 2 amide bonds. The molecule has 0 aromatic heterocycles. The molecule has 0 fully saturated rings. The molecule has 0 bridgehead atoms. The number of thioether (sulfide) groups is 1. The van der Waals surface area contributed by atoms with Gasteiger partial charge < -0.3 is 15.4 Å². The van der Waals surface area contributed by atoms with E-state index >= 15 is 0 Å². The summed E-state index contributed by atoms with van der Waals surface area (Å²) in [6.45, 7) is 8.13. The molecule has 0 atom stereocenters. The van der Waals surface area contributed by atoms with Crippen LogP contribution in [0.25, 0.3) is 0 Å². The monoisotopic (exact) mass is 386 g/mol. The van der Waals surface area contributed by atoms with E-state index in [1.165, 1.54) is 11.8 Å². The van der Waals surface area contributed by atoms with Crippen molar-refractivity contribution in [2.45, 2.75) is 32.6 Å². The lowest BCUT2D eigenvalue weighted by Gasteiger charge is -2.18. The third-order valence-corrected chi connectivity index (χ3v) is 4.60. The quantitative estimate of drug-likeness (QED) is 0.671. The van der Waals surface area contributed by atoms with Gasteiger partial charge in [-0.15, -0.1) is 11.8 Å². The zero-order valence-corrected chi connectivity index (χ0v) is 17.0. The second-order valence-electron chi connectivity index (χ2n) is 7.03. The van der Waals surface area contributed by atoms with Gasteiger partial charge >= 0.3 is 0 Å². The van der Waals surface area contributed by atoms with Crippen LogP contribution in [0.5, 0.6) is 5.75 Å². The molecule has 27 heavy (non-hydrogen) atoms. The molecule has 0 unspecified atom stereocenters. The first kappa shape index (κ1) is 20.8. The first-order valence-corrected chi connectivity index (χ1v) is 9.83. The van der Waals surface area contributed by atoms with Gasteiger partial charge in [-0.3, -0.25) is 9.59 Å². The number of nitrogens with one attached hydrogen (secondary N) is 2. The average molecular weight is 387 g/mol. The van der Waals surface area contributed by atoms with Crippen LogP contribution in [0.2, 0.25) is 0 Å². The number of amides is 2. The van der Waals surface area contributed by atoms with Crippen LogP contribution in [0.1, 0.15) is 27.7 Å². The summed E-state index contributed by atoms with van der Waals surface area (Å²) in [6.07, 6.45) is 0.